The average molecular weight is 733 g/mol. The summed E-state index contributed by atoms with van der Waals surface area (Å²) in [6, 6.07) is 58.8. The van der Waals surface area contributed by atoms with Crippen molar-refractivity contribution >= 4 is 78.9 Å². The lowest BCUT2D eigenvalue weighted by Crippen LogP contribution is -2.63. The molecule has 0 radical (unpaired) electrons. The third-order valence-electron chi connectivity index (χ3n) is 13.2. The lowest BCUT2D eigenvalue weighted by Gasteiger charge is -2.51. The van der Waals surface area contributed by atoms with Gasteiger partial charge in [0.25, 0.3) is 0 Å². The largest absolute Gasteiger partial charge is 0.456 e. The molecule has 0 bridgehead atoms. The van der Waals surface area contributed by atoms with E-state index < -0.39 is 0 Å². The molecule has 0 aliphatic carbocycles. The highest BCUT2D eigenvalue weighted by Crippen LogP contribution is 2.58. The molecule has 0 atom stereocenters. The maximum atomic E-state index is 6.73. The number of anilines is 5. The van der Waals surface area contributed by atoms with Crippen LogP contribution in [0, 0.1) is 0 Å². The molecule has 4 heteroatoms. The SMILES string of the molecule is CC(C)(C)c1ccc(N2c3cc4ccccc4c4c3B(c3ccc5oc6ccccc6c5c32)N2c3ccccc3C(C)(C)c3cccc-4c32)c(-c2ccccc2)c1. The van der Waals surface area contributed by atoms with E-state index in [1.54, 1.807) is 0 Å². The van der Waals surface area contributed by atoms with Gasteiger partial charge < -0.3 is 14.1 Å². The molecule has 57 heavy (non-hydrogen) atoms. The summed E-state index contributed by atoms with van der Waals surface area (Å²) in [5.41, 5.74) is 19.4. The van der Waals surface area contributed by atoms with Gasteiger partial charge in [-0.2, -0.15) is 0 Å². The van der Waals surface area contributed by atoms with Crippen molar-refractivity contribution in [3.8, 4) is 22.3 Å². The summed E-state index contributed by atoms with van der Waals surface area (Å²) in [7, 11) is 0. The van der Waals surface area contributed by atoms with E-state index in [0.717, 1.165) is 27.6 Å². The minimum absolute atomic E-state index is 0.0278. The molecule has 1 aromatic heterocycles. The number of furan rings is 1. The van der Waals surface area contributed by atoms with E-state index in [4.69, 9.17) is 4.42 Å². The van der Waals surface area contributed by atoms with Crippen molar-refractivity contribution in [3.63, 3.8) is 0 Å². The average Bonchev–Trinajstić information content (AvgIpc) is 3.62. The lowest BCUT2D eigenvalue weighted by atomic mass is 9.42. The predicted molar refractivity (Wildman–Crippen MR) is 241 cm³/mol. The van der Waals surface area contributed by atoms with Crippen LogP contribution in [0.25, 0.3) is 55.0 Å². The quantitative estimate of drug-likeness (QED) is 0.165. The van der Waals surface area contributed by atoms with Crippen LogP contribution in [0.5, 0.6) is 0 Å². The van der Waals surface area contributed by atoms with Gasteiger partial charge in [-0.3, -0.25) is 0 Å². The maximum absolute atomic E-state index is 6.73. The Balaban J connectivity index is 1.30. The van der Waals surface area contributed by atoms with Crippen molar-refractivity contribution in [2.45, 2.75) is 45.4 Å². The first kappa shape index (κ1) is 32.7. The van der Waals surface area contributed by atoms with Crippen molar-refractivity contribution in [1.29, 1.82) is 0 Å². The molecule has 0 saturated carbocycles. The minimum Gasteiger partial charge on any atom is -0.456 e. The van der Waals surface area contributed by atoms with Gasteiger partial charge in [0.2, 0.25) is 0 Å². The Morgan fingerprint density at radius 2 is 1.30 bits per heavy atom. The molecule has 12 rings (SSSR count). The molecule has 0 amide bonds. The monoisotopic (exact) mass is 732 g/mol. The first-order valence-electron chi connectivity index (χ1n) is 20.2. The van der Waals surface area contributed by atoms with Gasteiger partial charge in [-0.15, -0.1) is 0 Å². The predicted octanol–water partition coefficient (Wildman–Crippen LogP) is 13.1. The fraction of sp³-hybridized carbons (Fsp3) is 0.132. The third-order valence-corrected chi connectivity index (χ3v) is 13.2. The number of benzene rings is 8. The minimum atomic E-state index is -0.184. The van der Waals surface area contributed by atoms with Crippen molar-refractivity contribution in [2.75, 3.05) is 9.71 Å². The van der Waals surface area contributed by atoms with Gasteiger partial charge >= 0.3 is 6.85 Å². The van der Waals surface area contributed by atoms with Crippen LogP contribution in [0.3, 0.4) is 0 Å². The summed E-state index contributed by atoms with van der Waals surface area (Å²) in [4.78, 5) is 5.29. The zero-order chi connectivity index (χ0) is 38.4. The van der Waals surface area contributed by atoms with Crippen LogP contribution in [-0.4, -0.2) is 6.85 Å². The number of hydrogen-bond donors (Lipinski definition) is 0. The van der Waals surface area contributed by atoms with E-state index in [9.17, 15) is 0 Å². The summed E-state index contributed by atoms with van der Waals surface area (Å²) >= 11 is 0. The Morgan fingerprint density at radius 1 is 0.561 bits per heavy atom. The second-order valence-corrected chi connectivity index (χ2v) is 17.7. The zero-order valence-electron chi connectivity index (χ0n) is 32.9. The van der Waals surface area contributed by atoms with E-state index in [0.29, 0.717) is 0 Å². The second kappa shape index (κ2) is 11.3. The first-order valence-corrected chi connectivity index (χ1v) is 20.2. The molecular formula is C53H41BN2O. The molecule has 0 fully saturated rings. The number of para-hydroxylation sites is 3. The highest BCUT2D eigenvalue weighted by Gasteiger charge is 2.51. The van der Waals surface area contributed by atoms with Gasteiger partial charge in [-0.25, -0.2) is 0 Å². The van der Waals surface area contributed by atoms with Gasteiger partial charge in [0.05, 0.1) is 16.8 Å². The molecule has 0 N–H and O–H groups in total. The van der Waals surface area contributed by atoms with E-state index in [-0.39, 0.29) is 17.7 Å². The van der Waals surface area contributed by atoms with Gasteiger partial charge in [0.15, 0.2) is 0 Å². The van der Waals surface area contributed by atoms with Crippen LogP contribution in [0.15, 0.2) is 162 Å². The molecule has 9 aromatic rings. The summed E-state index contributed by atoms with van der Waals surface area (Å²) in [5, 5.41) is 4.79. The van der Waals surface area contributed by atoms with Crippen LogP contribution in [-0.2, 0) is 10.8 Å². The van der Waals surface area contributed by atoms with Gasteiger partial charge in [0, 0.05) is 39.0 Å². The highest BCUT2D eigenvalue weighted by molar-refractivity contribution is 6.94. The van der Waals surface area contributed by atoms with Gasteiger partial charge in [0.1, 0.15) is 11.2 Å². The number of rotatable bonds is 2. The third kappa shape index (κ3) is 4.33. The summed E-state index contributed by atoms with van der Waals surface area (Å²) in [5.74, 6) is 0. The fourth-order valence-electron chi connectivity index (χ4n) is 10.5. The molecule has 3 aliphatic heterocycles. The Hall–Kier alpha value is -6.52. The summed E-state index contributed by atoms with van der Waals surface area (Å²) in [6.45, 7) is 11.6. The topological polar surface area (TPSA) is 19.6 Å². The maximum Gasteiger partial charge on any atom is 0.333 e. The van der Waals surface area contributed by atoms with E-state index in [2.05, 4.69) is 202 Å². The Labute approximate surface area is 333 Å². The smallest absolute Gasteiger partial charge is 0.333 e. The van der Waals surface area contributed by atoms with Crippen LogP contribution >= 0.6 is 0 Å². The molecule has 3 aliphatic rings. The zero-order valence-corrected chi connectivity index (χ0v) is 32.9. The molecule has 272 valence electrons. The summed E-state index contributed by atoms with van der Waals surface area (Å²) < 4.78 is 6.73. The fourth-order valence-corrected chi connectivity index (χ4v) is 10.5. The van der Waals surface area contributed by atoms with E-state index in [1.165, 1.54) is 83.4 Å². The molecule has 3 nitrogen and oxygen atoms in total. The molecule has 0 saturated heterocycles. The number of hydrogen-bond acceptors (Lipinski definition) is 3. The number of nitrogens with zero attached hydrogens (tertiary/aromatic N) is 2. The van der Waals surface area contributed by atoms with Crippen molar-refractivity contribution < 1.29 is 4.42 Å². The molecule has 8 aromatic carbocycles. The summed E-state index contributed by atoms with van der Waals surface area (Å²) in [6.07, 6.45) is 0. The molecular weight excluding hydrogens is 691 g/mol. The Morgan fingerprint density at radius 3 is 2.14 bits per heavy atom. The molecule has 4 heterocycles. The second-order valence-electron chi connectivity index (χ2n) is 17.7. The van der Waals surface area contributed by atoms with E-state index in [1.807, 2.05) is 0 Å². The van der Waals surface area contributed by atoms with Crippen LogP contribution in [0.1, 0.15) is 51.3 Å². The first-order chi connectivity index (χ1) is 27.7. The van der Waals surface area contributed by atoms with Crippen LogP contribution in [0.2, 0.25) is 0 Å². The molecule has 0 spiro atoms. The lowest BCUT2D eigenvalue weighted by molar-refractivity contribution is 0.590. The van der Waals surface area contributed by atoms with Crippen molar-refractivity contribution in [2.24, 2.45) is 0 Å². The van der Waals surface area contributed by atoms with Crippen molar-refractivity contribution in [3.05, 3.63) is 174 Å². The van der Waals surface area contributed by atoms with Crippen LogP contribution in [0.4, 0.5) is 28.4 Å². The number of fused-ring (bicyclic) bond motifs is 12. The standard InChI is InChI=1S/C53H41BN2O/c1-52(2,3)34-26-28-42(38(31-34)32-16-7-6-8-17-32)55-44-30-33-18-9-10-19-35(33)47-37-21-15-23-40-50(37)56(43-24-13-12-22-39(43)53(40,4)5)54(49(44)47)41-27-29-46-48(51(41)55)36-20-11-14-25-45(36)57-46/h6-31H,1-5H3. The normalized spacial score (nSPS) is 14.8. The van der Waals surface area contributed by atoms with Crippen LogP contribution < -0.4 is 20.6 Å². The van der Waals surface area contributed by atoms with Crippen molar-refractivity contribution in [1.82, 2.24) is 0 Å². The Kier molecular flexibility index (Phi) is 6.48. The van der Waals surface area contributed by atoms with Gasteiger partial charge in [-0.1, -0.05) is 156 Å². The Bertz CT molecular complexity index is 3170. The molecule has 0 unspecified atom stereocenters. The van der Waals surface area contributed by atoms with E-state index >= 15 is 0 Å². The van der Waals surface area contributed by atoms with Gasteiger partial charge in [-0.05, 0) is 91.3 Å². The highest BCUT2D eigenvalue weighted by atomic mass is 16.3.